The van der Waals surface area contributed by atoms with Crippen LogP contribution in [0.5, 0.6) is 0 Å². The molecule has 0 aliphatic heterocycles. The van der Waals surface area contributed by atoms with E-state index in [1.54, 1.807) is 24.3 Å². The van der Waals surface area contributed by atoms with E-state index in [1.165, 1.54) is 0 Å². The Morgan fingerprint density at radius 2 is 2.00 bits per heavy atom. The van der Waals surface area contributed by atoms with Crippen LogP contribution in [0.25, 0.3) is 0 Å². The Morgan fingerprint density at radius 3 is 2.67 bits per heavy atom. The van der Waals surface area contributed by atoms with Gasteiger partial charge in [0.1, 0.15) is 5.56 Å². The molecule has 3 N–H and O–H groups in total. The molecule has 0 bridgehead atoms. The third-order valence-corrected chi connectivity index (χ3v) is 3.59. The molecule has 9 nitrogen and oxygen atoms in total. The van der Waals surface area contributed by atoms with Crippen LogP contribution >= 0.6 is 15.9 Å². The highest BCUT2D eigenvalue weighted by atomic mass is 79.9. The predicted molar refractivity (Wildman–Crippen MR) is 88.8 cm³/mol. The Labute approximate surface area is 143 Å². The van der Waals surface area contributed by atoms with Crippen molar-refractivity contribution in [1.29, 1.82) is 0 Å². The lowest BCUT2D eigenvalue weighted by molar-refractivity contribution is -0.385. The number of carbonyl (C=O) groups excluding carboxylic acids is 2. The molecule has 0 atom stereocenters. The normalized spacial score (nSPS) is 10.0. The highest BCUT2D eigenvalue weighted by molar-refractivity contribution is 9.10. The van der Waals surface area contributed by atoms with E-state index < -0.39 is 40.1 Å². The molecule has 2 aromatic rings. The molecule has 0 radical (unpaired) electrons. The van der Waals surface area contributed by atoms with Gasteiger partial charge in [0.15, 0.2) is 0 Å². The number of amides is 2. The summed E-state index contributed by atoms with van der Waals surface area (Å²) in [5.41, 5.74) is -1.15. The van der Waals surface area contributed by atoms with Crippen LogP contribution in [-0.4, -0.2) is 28.3 Å². The number of hydrogen-bond acceptors (Lipinski definition) is 5. The van der Waals surface area contributed by atoms with Crippen LogP contribution in [0, 0.1) is 10.1 Å². The van der Waals surface area contributed by atoms with Crippen molar-refractivity contribution < 1.29 is 14.5 Å². The quantitative estimate of drug-likeness (QED) is 0.520. The zero-order valence-electron chi connectivity index (χ0n) is 12.0. The second-order valence-electron chi connectivity index (χ2n) is 4.57. The van der Waals surface area contributed by atoms with Gasteiger partial charge < -0.3 is 15.6 Å². The van der Waals surface area contributed by atoms with Crippen molar-refractivity contribution in [3.63, 3.8) is 0 Å². The molecule has 0 unspecified atom stereocenters. The van der Waals surface area contributed by atoms with E-state index in [0.29, 0.717) is 10.2 Å². The van der Waals surface area contributed by atoms with Gasteiger partial charge in [-0.2, -0.15) is 0 Å². The topological polar surface area (TPSA) is 134 Å². The number of aromatic nitrogens is 1. The molecule has 2 amide bonds. The lowest BCUT2D eigenvalue weighted by Gasteiger charge is -2.08. The van der Waals surface area contributed by atoms with Crippen LogP contribution in [0.4, 0.5) is 11.4 Å². The fraction of sp³-hybridized carbons (Fsp3) is 0.0714. The number of H-pyrrole nitrogens is 1. The van der Waals surface area contributed by atoms with Crippen molar-refractivity contribution in [2.24, 2.45) is 0 Å². The molecule has 0 saturated carbocycles. The lowest BCUT2D eigenvalue weighted by atomic mass is 10.2. The molecule has 1 aromatic heterocycles. The van der Waals surface area contributed by atoms with E-state index in [9.17, 15) is 24.5 Å². The van der Waals surface area contributed by atoms with Gasteiger partial charge in [0.05, 0.1) is 23.4 Å². The molecule has 1 heterocycles. The summed E-state index contributed by atoms with van der Waals surface area (Å²) in [6.07, 6.45) is 0.888. The number of nitrogens with one attached hydrogen (secondary N) is 3. The van der Waals surface area contributed by atoms with Gasteiger partial charge in [-0.15, -0.1) is 0 Å². The monoisotopic (exact) mass is 394 g/mol. The maximum atomic E-state index is 11.9. The van der Waals surface area contributed by atoms with E-state index in [2.05, 4.69) is 31.5 Å². The van der Waals surface area contributed by atoms with E-state index in [1.807, 2.05) is 0 Å². The molecule has 0 fully saturated rings. The second kappa shape index (κ2) is 7.51. The minimum absolute atomic E-state index is 0.400. The number of nitrogens with zero attached hydrogens (tertiary/aromatic N) is 1. The number of rotatable bonds is 5. The summed E-state index contributed by atoms with van der Waals surface area (Å²) in [6, 6.07) is 7.74. The molecule has 0 saturated heterocycles. The fourth-order valence-electron chi connectivity index (χ4n) is 1.76. The second-order valence-corrected chi connectivity index (χ2v) is 5.42. The number of carbonyl (C=O) groups is 2. The van der Waals surface area contributed by atoms with E-state index in [4.69, 9.17) is 0 Å². The van der Waals surface area contributed by atoms with Gasteiger partial charge in [0.25, 0.3) is 17.2 Å². The van der Waals surface area contributed by atoms with Gasteiger partial charge in [-0.05, 0) is 28.1 Å². The largest absolute Gasteiger partial charge is 0.343 e. The summed E-state index contributed by atoms with van der Waals surface area (Å²) in [5, 5.41) is 15.5. The van der Waals surface area contributed by atoms with Crippen molar-refractivity contribution in [1.82, 2.24) is 10.3 Å². The number of pyridine rings is 1. The van der Waals surface area contributed by atoms with Crippen molar-refractivity contribution >= 4 is 39.1 Å². The van der Waals surface area contributed by atoms with Gasteiger partial charge in [0, 0.05) is 10.5 Å². The predicted octanol–water partition coefficient (Wildman–Crippen LogP) is 1.41. The zero-order chi connectivity index (χ0) is 17.7. The van der Waals surface area contributed by atoms with E-state index in [0.717, 1.165) is 12.3 Å². The first-order valence-electron chi connectivity index (χ1n) is 6.58. The Bertz CT molecular complexity index is 864. The molecular weight excluding hydrogens is 384 g/mol. The average molecular weight is 395 g/mol. The summed E-state index contributed by atoms with van der Waals surface area (Å²) in [4.78, 5) is 47.3. The van der Waals surface area contributed by atoms with Crippen LogP contribution in [0.15, 0.2) is 45.8 Å². The van der Waals surface area contributed by atoms with Gasteiger partial charge in [-0.25, -0.2) is 0 Å². The summed E-state index contributed by atoms with van der Waals surface area (Å²) < 4.78 is 0.666. The van der Waals surface area contributed by atoms with Crippen molar-refractivity contribution in [3.05, 3.63) is 67.0 Å². The molecule has 0 aliphatic rings. The first-order valence-corrected chi connectivity index (χ1v) is 7.37. The maximum Gasteiger partial charge on any atom is 0.286 e. The van der Waals surface area contributed by atoms with Crippen LogP contribution in [0.1, 0.15) is 10.4 Å². The Morgan fingerprint density at radius 1 is 1.29 bits per heavy atom. The van der Waals surface area contributed by atoms with E-state index in [-0.39, 0.29) is 0 Å². The van der Waals surface area contributed by atoms with Gasteiger partial charge >= 0.3 is 0 Å². The van der Waals surface area contributed by atoms with Crippen molar-refractivity contribution in [3.8, 4) is 0 Å². The van der Waals surface area contributed by atoms with Crippen LogP contribution in [0.3, 0.4) is 0 Å². The number of halogens is 1. The molecule has 24 heavy (non-hydrogen) atoms. The van der Waals surface area contributed by atoms with Crippen molar-refractivity contribution in [2.75, 3.05) is 11.9 Å². The van der Waals surface area contributed by atoms with Gasteiger partial charge in [-0.1, -0.05) is 12.1 Å². The highest BCUT2D eigenvalue weighted by Gasteiger charge is 2.17. The first-order chi connectivity index (χ1) is 11.4. The van der Waals surface area contributed by atoms with Crippen LogP contribution < -0.4 is 16.2 Å². The minimum Gasteiger partial charge on any atom is -0.343 e. The number of para-hydroxylation sites is 1. The Kier molecular flexibility index (Phi) is 5.42. The minimum atomic E-state index is -0.887. The number of aromatic amines is 1. The summed E-state index contributed by atoms with van der Waals surface area (Å²) >= 11 is 3.26. The lowest BCUT2D eigenvalue weighted by Crippen LogP contribution is -2.35. The molecule has 2 rings (SSSR count). The molecular formula is C14H11BrN4O5. The molecule has 1 aromatic carbocycles. The summed E-state index contributed by atoms with van der Waals surface area (Å²) in [6.45, 7) is -0.400. The molecule has 0 aliphatic carbocycles. The fourth-order valence-corrected chi connectivity index (χ4v) is 2.14. The van der Waals surface area contributed by atoms with Crippen molar-refractivity contribution in [2.45, 2.75) is 0 Å². The first kappa shape index (κ1) is 17.3. The SMILES string of the molecule is O=C(CNC(=O)c1cc([N+](=O)[O-])c[nH]c1=O)Nc1ccccc1Br. The Hall–Kier alpha value is -3.01. The highest BCUT2D eigenvalue weighted by Crippen LogP contribution is 2.20. The smallest absolute Gasteiger partial charge is 0.286 e. The Balaban J connectivity index is 2.02. The third-order valence-electron chi connectivity index (χ3n) is 2.90. The molecule has 124 valence electrons. The zero-order valence-corrected chi connectivity index (χ0v) is 13.6. The standard InChI is InChI=1S/C14H11BrN4O5/c15-10-3-1-2-4-11(10)18-12(20)7-17-14(22)9-5-8(19(23)24)6-16-13(9)21/h1-6H,7H2,(H,16,21)(H,17,22)(H,18,20). The van der Waals surface area contributed by atoms with Gasteiger partial charge in [0.2, 0.25) is 5.91 Å². The summed E-state index contributed by atoms with van der Waals surface area (Å²) in [5.74, 6) is -1.40. The maximum absolute atomic E-state index is 11.9. The van der Waals surface area contributed by atoms with Crippen LogP contribution in [0.2, 0.25) is 0 Å². The molecule has 0 spiro atoms. The number of nitro groups is 1. The number of hydrogen-bond donors (Lipinski definition) is 3. The average Bonchev–Trinajstić information content (AvgIpc) is 2.55. The summed E-state index contributed by atoms with van der Waals surface area (Å²) in [7, 11) is 0. The number of anilines is 1. The molecule has 10 heteroatoms. The number of benzene rings is 1. The van der Waals surface area contributed by atoms with Crippen LogP contribution in [-0.2, 0) is 4.79 Å². The third kappa shape index (κ3) is 4.26. The van der Waals surface area contributed by atoms with E-state index >= 15 is 0 Å². The van der Waals surface area contributed by atoms with Gasteiger partial charge in [-0.3, -0.25) is 24.5 Å².